The van der Waals surface area contributed by atoms with Crippen LogP contribution in [-0.2, 0) is 5.41 Å². The lowest BCUT2D eigenvalue weighted by Gasteiger charge is -2.29. The molecule has 0 atom stereocenters. The molecule has 2 rings (SSSR count). The highest BCUT2D eigenvalue weighted by Crippen LogP contribution is 2.29. The summed E-state index contributed by atoms with van der Waals surface area (Å²) in [5, 5.41) is 6.91. The second kappa shape index (κ2) is 5.35. The third kappa shape index (κ3) is 3.17. The third-order valence-corrected chi connectivity index (χ3v) is 3.61. The van der Waals surface area contributed by atoms with Crippen LogP contribution in [0.15, 0.2) is 0 Å². The summed E-state index contributed by atoms with van der Waals surface area (Å²) in [6.45, 7) is 11.5. The molecule has 0 aliphatic heterocycles. The molecule has 0 amide bonds. The van der Waals surface area contributed by atoms with E-state index >= 15 is 0 Å². The maximum atomic E-state index is 4.75. The minimum absolute atomic E-state index is 0.0338. The van der Waals surface area contributed by atoms with E-state index in [1.165, 1.54) is 19.3 Å². The molecule has 1 aromatic heterocycles. The Balaban J connectivity index is 2.35. The quantitative estimate of drug-likeness (QED) is 0.872. The van der Waals surface area contributed by atoms with Crippen LogP contribution in [0.25, 0.3) is 0 Å². The summed E-state index contributed by atoms with van der Waals surface area (Å²) >= 11 is 0. The molecule has 0 radical (unpaired) electrons. The first kappa shape index (κ1) is 14.1. The van der Waals surface area contributed by atoms with Crippen molar-refractivity contribution in [2.75, 3.05) is 17.2 Å². The molecule has 2 N–H and O–H groups in total. The Bertz CT molecular complexity index is 444. The van der Waals surface area contributed by atoms with Gasteiger partial charge in [-0.05, 0) is 33.1 Å². The molecular formula is C15H26N4. The zero-order valence-electron chi connectivity index (χ0n) is 12.8. The van der Waals surface area contributed by atoms with Gasteiger partial charge < -0.3 is 10.6 Å². The van der Waals surface area contributed by atoms with Crippen molar-refractivity contribution in [3.05, 3.63) is 11.4 Å². The van der Waals surface area contributed by atoms with E-state index in [1.54, 1.807) is 0 Å². The highest BCUT2D eigenvalue weighted by molar-refractivity contribution is 5.58. The summed E-state index contributed by atoms with van der Waals surface area (Å²) in [6, 6.07) is 0.593. The molecule has 0 spiro atoms. The molecule has 1 aliphatic rings. The normalized spacial score (nSPS) is 16.1. The SMILES string of the molecule is CCNc1nc(C(C)(C)C)nc(NC2CCC2)c1C. The van der Waals surface area contributed by atoms with Gasteiger partial charge in [0.2, 0.25) is 0 Å². The van der Waals surface area contributed by atoms with Crippen LogP contribution in [0.2, 0.25) is 0 Å². The van der Waals surface area contributed by atoms with Gasteiger partial charge in [-0.3, -0.25) is 0 Å². The molecule has 106 valence electrons. The van der Waals surface area contributed by atoms with Crippen molar-refractivity contribution in [2.24, 2.45) is 0 Å². The second-order valence-electron chi connectivity index (χ2n) is 6.42. The number of aromatic nitrogens is 2. The van der Waals surface area contributed by atoms with Crippen LogP contribution in [0.4, 0.5) is 11.6 Å². The maximum absolute atomic E-state index is 4.75. The second-order valence-corrected chi connectivity index (χ2v) is 6.42. The molecule has 1 aliphatic carbocycles. The number of hydrogen-bond donors (Lipinski definition) is 2. The fourth-order valence-corrected chi connectivity index (χ4v) is 2.08. The number of anilines is 2. The summed E-state index contributed by atoms with van der Waals surface area (Å²) in [4.78, 5) is 9.43. The summed E-state index contributed by atoms with van der Waals surface area (Å²) in [5.74, 6) is 2.86. The predicted molar refractivity (Wildman–Crippen MR) is 80.9 cm³/mol. The van der Waals surface area contributed by atoms with Crippen molar-refractivity contribution in [1.29, 1.82) is 0 Å². The van der Waals surface area contributed by atoms with Gasteiger partial charge in [0.1, 0.15) is 17.5 Å². The van der Waals surface area contributed by atoms with Crippen molar-refractivity contribution in [3.8, 4) is 0 Å². The Morgan fingerprint density at radius 3 is 2.26 bits per heavy atom. The zero-order chi connectivity index (χ0) is 14.0. The van der Waals surface area contributed by atoms with Crippen LogP contribution in [0.1, 0.15) is 58.3 Å². The average Bonchev–Trinajstić information content (AvgIpc) is 2.26. The van der Waals surface area contributed by atoms with Gasteiger partial charge in [-0.2, -0.15) is 0 Å². The summed E-state index contributed by atoms with van der Waals surface area (Å²) < 4.78 is 0. The molecule has 1 fully saturated rings. The van der Waals surface area contributed by atoms with Gasteiger partial charge in [0, 0.05) is 23.6 Å². The lowest BCUT2D eigenvalue weighted by atomic mass is 9.93. The molecule has 1 heterocycles. The van der Waals surface area contributed by atoms with Crippen LogP contribution in [0.3, 0.4) is 0 Å². The van der Waals surface area contributed by atoms with Crippen LogP contribution in [0, 0.1) is 6.92 Å². The Labute approximate surface area is 116 Å². The predicted octanol–water partition coefficient (Wildman–Crippen LogP) is 3.48. The fourth-order valence-electron chi connectivity index (χ4n) is 2.08. The van der Waals surface area contributed by atoms with E-state index < -0.39 is 0 Å². The third-order valence-electron chi connectivity index (χ3n) is 3.61. The topological polar surface area (TPSA) is 49.8 Å². The number of nitrogens with one attached hydrogen (secondary N) is 2. The van der Waals surface area contributed by atoms with Gasteiger partial charge in [0.05, 0.1) is 0 Å². The zero-order valence-corrected chi connectivity index (χ0v) is 12.8. The minimum Gasteiger partial charge on any atom is -0.370 e. The molecule has 0 aromatic carbocycles. The van der Waals surface area contributed by atoms with E-state index in [0.717, 1.165) is 29.6 Å². The van der Waals surface area contributed by atoms with Crippen LogP contribution in [0.5, 0.6) is 0 Å². The van der Waals surface area contributed by atoms with Crippen LogP contribution in [-0.4, -0.2) is 22.6 Å². The Morgan fingerprint density at radius 1 is 1.16 bits per heavy atom. The van der Waals surface area contributed by atoms with E-state index in [-0.39, 0.29) is 5.41 Å². The van der Waals surface area contributed by atoms with E-state index in [0.29, 0.717) is 6.04 Å². The Morgan fingerprint density at radius 2 is 1.79 bits per heavy atom. The van der Waals surface area contributed by atoms with E-state index in [4.69, 9.17) is 4.98 Å². The molecule has 0 unspecified atom stereocenters. The van der Waals surface area contributed by atoms with Crippen molar-refractivity contribution in [1.82, 2.24) is 9.97 Å². The number of hydrogen-bond acceptors (Lipinski definition) is 4. The molecule has 1 saturated carbocycles. The van der Waals surface area contributed by atoms with Crippen molar-refractivity contribution in [3.63, 3.8) is 0 Å². The lowest BCUT2D eigenvalue weighted by Crippen LogP contribution is -2.29. The van der Waals surface area contributed by atoms with Gasteiger partial charge in [0.25, 0.3) is 0 Å². The van der Waals surface area contributed by atoms with E-state index in [1.807, 2.05) is 0 Å². The van der Waals surface area contributed by atoms with E-state index in [9.17, 15) is 0 Å². The molecule has 4 heteroatoms. The monoisotopic (exact) mass is 262 g/mol. The standard InChI is InChI=1S/C15H26N4/c1-6-16-12-10(2)13(17-11-8-7-9-11)19-14(18-12)15(3,4)5/h11H,6-9H2,1-5H3,(H2,16,17,18,19). The molecule has 0 saturated heterocycles. The van der Waals surface area contributed by atoms with Crippen molar-refractivity contribution in [2.45, 2.75) is 65.3 Å². The largest absolute Gasteiger partial charge is 0.370 e. The van der Waals surface area contributed by atoms with Gasteiger partial charge >= 0.3 is 0 Å². The summed E-state index contributed by atoms with van der Waals surface area (Å²) in [7, 11) is 0. The Kier molecular flexibility index (Phi) is 3.97. The van der Waals surface area contributed by atoms with E-state index in [2.05, 4.69) is 50.2 Å². The Hall–Kier alpha value is -1.32. The maximum Gasteiger partial charge on any atom is 0.138 e. The van der Waals surface area contributed by atoms with Gasteiger partial charge in [-0.1, -0.05) is 20.8 Å². The molecule has 19 heavy (non-hydrogen) atoms. The molecule has 4 nitrogen and oxygen atoms in total. The van der Waals surface area contributed by atoms with Gasteiger partial charge in [-0.15, -0.1) is 0 Å². The first-order valence-corrected chi connectivity index (χ1v) is 7.31. The molecule has 0 bridgehead atoms. The lowest BCUT2D eigenvalue weighted by molar-refractivity contribution is 0.443. The van der Waals surface area contributed by atoms with Crippen molar-refractivity contribution >= 4 is 11.6 Å². The van der Waals surface area contributed by atoms with Crippen LogP contribution >= 0.6 is 0 Å². The average molecular weight is 262 g/mol. The van der Waals surface area contributed by atoms with Crippen molar-refractivity contribution < 1.29 is 0 Å². The first-order valence-electron chi connectivity index (χ1n) is 7.31. The smallest absolute Gasteiger partial charge is 0.138 e. The van der Waals surface area contributed by atoms with Gasteiger partial charge in [-0.25, -0.2) is 9.97 Å². The first-order chi connectivity index (χ1) is 8.91. The highest BCUT2D eigenvalue weighted by Gasteiger charge is 2.23. The molecule has 1 aromatic rings. The summed E-state index contributed by atoms with van der Waals surface area (Å²) in [5.41, 5.74) is 1.09. The fraction of sp³-hybridized carbons (Fsp3) is 0.733. The number of nitrogens with zero attached hydrogens (tertiary/aromatic N) is 2. The van der Waals surface area contributed by atoms with Crippen LogP contribution < -0.4 is 10.6 Å². The highest BCUT2D eigenvalue weighted by atomic mass is 15.1. The van der Waals surface area contributed by atoms with Gasteiger partial charge in [0.15, 0.2) is 0 Å². The summed E-state index contributed by atoms with van der Waals surface area (Å²) in [6.07, 6.45) is 3.84. The minimum atomic E-state index is -0.0338. The number of rotatable bonds is 4. The molecular weight excluding hydrogens is 236 g/mol.